The number of nitrogens with zero attached hydrogens (tertiary/aromatic N) is 1. The van der Waals surface area contributed by atoms with Gasteiger partial charge in [0, 0.05) is 29.7 Å². The van der Waals surface area contributed by atoms with Gasteiger partial charge in [-0.1, -0.05) is 12.1 Å². The summed E-state index contributed by atoms with van der Waals surface area (Å²) in [6, 6.07) is 8.07. The minimum absolute atomic E-state index is 0.825. The molecule has 96 valence electrons. The van der Waals surface area contributed by atoms with Crippen LogP contribution in [-0.2, 0) is 12.8 Å². The Bertz CT molecular complexity index is 476. The normalized spacial score (nSPS) is 10.7. The smallest absolute Gasteiger partial charge is 0.0940 e. The molecule has 0 radical (unpaired) electrons. The van der Waals surface area contributed by atoms with Gasteiger partial charge in [0.05, 0.1) is 5.01 Å². The van der Waals surface area contributed by atoms with Crippen molar-refractivity contribution < 1.29 is 0 Å². The molecule has 1 aromatic heterocycles. The summed E-state index contributed by atoms with van der Waals surface area (Å²) in [6.07, 6.45) is 2.05. The molecule has 0 bridgehead atoms. The molecule has 2 rings (SSSR count). The van der Waals surface area contributed by atoms with E-state index in [4.69, 9.17) is 5.73 Å². The number of rotatable bonds is 6. The van der Waals surface area contributed by atoms with Crippen LogP contribution in [0.1, 0.15) is 16.3 Å². The summed E-state index contributed by atoms with van der Waals surface area (Å²) in [4.78, 5) is 4.44. The van der Waals surface area contributed by atoms with E-state index in [0.717, 1.165) is 37.3 Å². The highest BCUT2D eigenvalue weighted by Gasteiger charge is 1.98. The van der Waals surface area contributed by atoms with Gasteiger partial charge in [-0.25, -0.2) is 4.98 Å². The Kier molecular flexibility index (Phi) is 4.73. The first-order valence-corrected chi connectivity index (χ1v) is 7.08. The highest BCUT2D eigenvalue weighted by Crippen LogP contribution is 2.08. The molecule has 3 N–H and O–H groups in total. The number of nitrogen functional groups attached to an aromatic ring is 1. The Labute approximate surface area is 112 Å². The van der Waals surface area contributed by atoms with E-state index in [-0.39, 0.29) is 0 Å². The maximum Gasteiger partial charge on any atom is 0.0940 e. The summed E-state index contributed by atoms with van der Waals surface area (Å²) in [5.74, 6) is 0. The molecule has 0 aliphatic carbocycles. The van der Waals surface area contributed by atoms with E-state index in [2.05, 4.69) is 27.8 Å². The average Bonchev–Trinajstić information content (AvgIpc) is 2.77. The second-order valence-corrected chi connectivity index (χ2v) is 5.32. The Morgan fingerprint density at radius 1 is 1.17 bits per heavy atom. The standard InChI is InChI=1S/C14H19N3S/c1-11-10-18-14(17-11)7-9-16-8-6-12-2-4-13(15)5-3-12/h2-5,10,16H,6-9,15H2,1H3. The fourth-order valence-electron chi connectivity index (χ4n) is 1.75. The molecule has 0 saturated carbocycles. The van der Waals surface area contributed by atoms with Crippen LogP contribution in [0.2, 0.25) is 0 Å². The van der Waals surface area contributed by atoms with E-state index in [0.29, 0.717) is 0 Å². The molecule has 3 nitrogen and oxygen atoms in total. The molecule has 18 heavy (non-hydrogen) atoms. The molecular weight excluding hydrogens is 242 g/mol. The predicted molar refractivity (Wildman–Crippen MR) is 78.0 cm³/mol. The minimum Gasteiger partial charge on any atom is -0.399 e. The second kappa shape index (κ2) is 6.52. The number of thiazole rings is 1. The molecule has 1 heterocycles. The third-order valence-corrected chi connectivity index (χ3v) is 3.78. The first-order valence-electron chi connectivity index (χ1n) is 6.20. The topological polar surface area (TPSA) is 50.9 Å². The zero-order valence-corrected chi connectivity index (χ0v) is 11.5. The maximum absolute atomic E-state index is 5.65. The molecule has 0 amide bonds. The van der Waals surface area contributed by atoms with Crippen molar-refractivity contribution in [1.82, 2.24) is 10.3 Å². The SMILES string of the molecule is Cc1csc(CCNCCc2ccc(N)cc2)n1. The van der Waals surface area contributed by atoms with Gasteiger partial charge in [-0.3, -0.25) is 0 Å². The van der Waals surface area contributed by atoms with Crippen LogP contribution < -0.4 is 11.1 Å². The van der Waals surface area contributed by atoms with E-state index in [9.17, 15) is 0 Å². The Balaban J connectivity index is 1.63. The maximum atomic E-state index is 5.65. The van der Waals surface area contributed by atoms with Crippen LogP contribution in [0.5, 0.6) is 0 Å². The first-order chi connectivity index (χ1) is 8.74. The summed E-state index contributed by atoms with van der Waals surface area (Å²) >= 11 is 1.74. The zero-order chi connectivity index (χ0) is 12.8. The van der Waals surface area contributed by atoms with E-state index in [1.54, 1.807) is 11.3 Å². The lowest BCUT2D eigenvalue weighted by Gasteiger charge is -2.04. The van der Waals surface area contributed by atoms with E-state index in [1.807, 2.05) is 19.1 Å². The molecule has 0 spiro atoms. The van der Waals surface area contributed by atoms with Crippen molar-refractivity contribution in [1.29, 1.82) is 0 Å². The summed E-state index contributed by atoms with van der Waals surface area (Å²) in [6.45, 7) is 4.02. The van der Waals surface area contributed by atoms with Crippen molar-refractivity contribution in [2.75, 3.05) is 18.8 Å². The lowest BCUT2D eigenvalue weighted by Crippen LogP contribution is -2.20. The molecule has 4 heteroatoms. The van der Waals surface area contributed by atoms with Crippen LogP contribution in [0.4, 0.5) is 5.69 Å². The van der Waals surface area contributed by atoms with Crippen LogP contribution in [0.3, 0.4) is 0 Å². The van der Waals surface area contributed by atoms with Crippen molar-refractivity contribution in [3.63, 3.8) is 0 Å². The van der Waals surface area contributed by atoms with Crippen molar-refractivity contribution in [3.8, 4) is 0 Å². The van der Waals surface area contributed by atoms with Crippen LogP contribution in [-0.4, -0.2) is 18.1 Å². The van der Waals surface area contributed by atoms with Crippen LogP contribution in [0, 0.1) is 6.92 Å². The van der Waals surface area contributed by atoms with Crippen LogP contribution >= 0.6 is 11.3 Å². The van der Waals surface area contributed by atoms with E-state index in [1.165, 1.54) is 10.6 Å². The molecular formula is C14H19N3S. The van der Waals surface area contributed by atoms with Gasteiger partial charge in [0.2, 0.25) is 0 Å². The monoisotopic (exact) mass is 261 g/mol. The van der Waals surface area contributed by atoms with Gasteiger partial charge in [-0.15, -0.1) is 11.3 Å². The number of aryl methyl sites for hydroxylation is 1. The second-order valence-electron chi connectivity index (χ2n) is 4.37. The van der Waals surface area contributed by atoms with Crippen molar-refractivity contribution in [3.05, 3.63) is 45.9 Å². The van der Waals surface area contributed by atoms with Gasteiger partial charge in [-0.05, 0) is 37.6 Å². The number of anilines is 1. The van der Waals surface area contributed by atoms with Crippen molar-refractivity contribution >= 4 is 17.0 Å². The average molecular weight is 261 g/mol. The lowest BCUT2D eigenvalue weighted by molar-refractivity contribution is 0.680. The summed E-state index contributed by atoms with van der Waals surface area (Å²) in [7, 11) is 0. The van der Waals surface area contributed by atoms with Crippen molar-refractivity contribution in [2.24, 2.45) is 0 Å². The number of benzene rings is 1. The fraction of sp³-hybridized carbons (Fsp3) is 0.357. The van der Waals surface area contributed by atoms with Gasteiger partial charge in [-0.2, -0.15) is 0 Å². The third-order valence-electron chi connectivity index (χ3n) is 2.75. The van der Waals surface area contributed by atoms with E-state index >= 15 is 0 Å². The third kappa shape index (κ3) is 4.13. The van der Waals surface area contributed by atoms with Crippen LogP contribution in [0.25, 0.3) is 0 Å². The molecule has 0 unspecified atom stereocenters. The number of hydrogen-bond acceptors (Lipinski definition) is 4. The highest BCUT2D eigenvalue weighted by atomic mass is 32.1. The van der Waals surface area contributed by atoms with Gasteiger partial charge >= 0.3 is 0 Å². The zero-order valence-electron chi connectivity index (χ0n) is 10.6. The molecule has 0 saturated heterocycles. The number of nitrogens with two attached hydrogens (primary N) is 1. The predicted octanol–water partition coefficient (Wildman–Crippen LogP) is 2.41. The number of aromatic nitrogens is 1. The van der Waals surface area contributed by atoms with Gasteiger partial charge < -0.3 is 11.1 Å². The first kappa shape index (κ1) is 13.1. The largest absolute Gasteiger partial charge is 0.399 e. The van der Waals surface area contributed by atoms with Gasteiger partial charge in [0.15, 0.2) is 0 Å². The molecule has 1 aromatic carbocycles. The van der Waals surface area contributed by atoms with Crippen molar-refractivity contribution in [2.45, 2.75) is 19.8 Å². The van der Waals surface area contributed by atoms with Crippen LogP contribution in [0.15, 0.2) is 29.6 Å². The molecule has 2 aromatic rings. The molecule has 0 atom stereocenters. The minimum atomic E-state index is 0.825. The molecule has 0 aliphatic heterocycles. The summed E-state index contributed by atoms with van der Waals surface area (Å²) in [5.41, 5.74) is 8.92. The highest BCUT2D eigenvalue weighted by molar-refractivity contribution is 7.09. The Hall–Kier alpha value is -1.39. The quantitative estimate of drug-likeness (QED) is 0.620. The molecule has 0 fully saturated rings. The number of hydrogen-bond donors (Lipinski definition) is 2. The van der Waals surface area contributed by atoms with Gasteiger partial charge in [0.25, 0.3) is 0 Å². The number of nitrogens with one attached hydrogen (secondary N) is 1. The fourth-order valence-corrected chi connectivity index (χ4v) is 2.53. The Morgan fingerprint density at radius 3 is 2.56 bits per heavy atom. The molecule has 0 aliphatic rings. The summed E-state index contributed by atoms with van der Waals surface area (Å²) < 4.78 is 0. The summed E-state index contributed by atoms with van der Waals surface area (Å²) in [5, 5.41) is 6.76. The van der Waals surface area contributed by atoms with Gasteiger partial charge in [0.1, 0.15) is 0 Å². The lowest BCUT2D eigenvalue weighted by atomic mass is 10.1. The Morgan fingerprint density at radius 2 is 1.89 bits per heavy atom. The van der Waals surface area contributed by atoms with E-state index < -0.39 is 0 Å².